The normalized spacial score (nSPS) is 19.6. The van der Waals surface area contributed by atoms with Gasteiger partial charge in [-0.05, 0) is 41.0 Å². The van der Waals surface area contributed by atoms with Crippen molar-refractivity contribution in [2.24, 2.45) is 5.92 Å². The van der Waals surface area contributed by atoms with E-state index >= 15 is 0 Å². The van der Waals surface area contributed by atoms with Crippen LogP contribution in [0, 0.1) is 17.6 Å². The van der Waals surface area contributed by atoms with E-state index in [9.17, 15) is 8.78 Å². The molecule has 0 saturated heterocycles. The van der Waals surface area contributed by atoms with E-state index in [1.165, 1.54) is 24.3 Å². The average Bonchev–Trinajstić information content (AvgIpc) is 3.06. The van der Waals surface area contributed by atoms with E-state index in [-0.39, 0.29) is 23.0 Å². The summed E-state index contributed by atoms with van der Waals surface area (Å²) >= 11 is 0. The van der Waals surface area contributed by atoms with Crippen molar-refractivity contribution >= 4 is 0 Å². The van der Waals surface area contributed by atoms with Gasteiger partial charge in [0.15, 0.2) is 0 Å². The molecule has 0 bridgehead atoms. The summed E-state index contributed by atoms with van der Waals surface area (Å²) in [5, 5.41) is 0. The van der Waals surface area contributed by atoms with E-state index < -0.39 is 0 Å². The zero-order valence-electron chi connectivity index (χ0n) is 11.2. The number of rotatable bonds is 2. The van der Waals surface area contributed by atoms with Crippen molar-refractivity contribution < 1.29 is 8.78 Å². The Balaban J connectivity index is 2.19. The largest absolute Gasteiger partial charge is 0.207 e. The van der Waals surface area contributed by atoms with Crippen LogP contribution in [-0.4, -0.2) is 0 Å². The van der Waals surface area contributed by atoms with Gasteiger partial charge in [-0.15, -0.1) is 5.73 Å². The second-order valence-electron chi connectivity index (χ2n) is 5.13. The molecule has 0 amide bonds. The highest BCUT2D eigenvalue weighted by atomic mass is 19.1. The Morgan fingerprint density at radius 2 is 1.30 bits per heavy atom. The minimum atomic E-state index is -0.344. The van der Waals surface area contributed by atoms with Crippen LogP contribution in [0.5, 0.6) is 0 Å². The van der Waals surface area contributed by atoms with E-state index in [4.69, 9.17) is 0 Å². The molecule has 1 aliphatic rings. The van der Waals surface area contributed by atoms with Gasteiger partial charge in [-0.1, -0.05) is 37.8 Å². The zero-order valence-corrected chi connectivity index (χ0v) is 11.2. The molecule has 1 fully saturated rings. The predicted molar refractivity (Wildman–Crippen MR) is 75.4 cm³/mol. The van der Waals surface area contributed by atoms with Gasteiger partial charge >= 0.3 is 0 Å². The molecule has 20 heavy (non-hydrogen) atoms. The number of benzene rings is 2. The Kier molecular flexibility index (Phi) is 2.84. The molecule has 1 unspecified atom stereocenters. The van der Waals surface area contributed by atoms with Crippen LogP contribution in [0.4, 0.5) is 8.78 Å². The average molecular weight is 268 g/mol. The van der Waals surface area contributed by atoms with Gasteiger partial charge < -0.3 is 0 Å². The van der Waals surface area contributed by atoms with Crippen molar-refractivity contribution in [1.29, 1.82) is 0 Å². The van der Waals surface area contributed by atoms with E-state index in [0.29, 0.717) is 0 Å². The standard InChI is InChI=1S/C18H14F2/c1-3-17-12(2)18(17,13-4-8-15(19)9-5-13)14-6-10-16(20)11-7-14/h4-12H,1H2,2H3. The van der Waals surface area contributed by atoms with Gasteiger partial charge in [0.25, 0.3) is 0 Å². The monoisotopic (exact) mass is 268 g/mol. The molecular formula is C18H14F2. The third kappa shape index (κ3) is 1.65. The molecule has 2 heteroatoms. The van der Waals surface area contributed by atoms with E-state index in [1.807, 2.05) is 0 Å². The van der Waals surface area contributed by atoms with E-state index in [2.05, 4.69) is 19.2 Å². The van der Waals surface area contributed by atoms with Crippen LogP contribution in [0.25, 0.3) is 0 Å². The minimum absolute atomic E-state index is 0.232. The maximum Gasteiger partial charge on any atom is 0.123 e. The van der Waals surface area contributed by atoms with E-state index in [1.54, 1.807) is 24.3 Å². The van der Waals surface area contributed by atoms with Gasteiger partial charge in [-0.2, -0.15) is 0 Å². The number of hydrogen-bond donors (Lipinski definition) is 0. The first kappa shape index (κ1) is 12.8. The first-order chi connectivity index (χ1) is 9.60. The smallest absolute Gasteiger partial charge is 0.123 e. The molecule has 3 rings (SSSR count). The Hall–Kier alpha value is -2.18. The van der Waals surface area contributed by atoms with Crippen molar-refractivity contribution in [3.63, 3.8) is 0 Å². The third-order valence-electron chi connectivity index (χ3n) is 4.21. The second-order valence-corrected chi connectivity index (χ2v) is 5.13. The molecule has 2 aromatic carbocycles. The summed E-state index contributed by atoms with van der Waals surface area (Å²) in [6.07, 6.45) is 0. The molecular weight excluding hydrogens is 254 g/mol. The molecule has 0 N–H and O–H groups in total. The highest BCUT2D eigenvalue weighted by Crippen LogP contribution is 2.62. The summed E-state index contributed by atoms with van der Waals surface area (Å²) in [5.41, 5.74) is 5.69. The van der Waals surface area contributed by atoms with Crippen molar-refractivity contribution in [2.45, 2.75) is 12.3 Å². The van der Waals surface area contributed by atoms with Gasteiger partial charge in [0, 0.05) is 5.92 Å². The first-order valence-corrected chi connectivity index (χ1v) is 6.53. The van der Waals surface area contributed by atoms with Gasteiger partial charge in [0.1, 0.15) is 11.6 Å². The van der Waals surface area contributed by atoms with Crippen LogP contribution >= 0.6 is 0 Å². The summed E-state index contributed by atoms with van der Waals surface area (Å²) in [7, 11) is 0. The molecule has 0 nitrogen and oxygen atoms in total. The summed E-state index contributed by atoms with van der Waals surface area (Å²) in [4.78, 5) is 0. The number of halogens is 2. The second kappa shape index (κ2) is 4.43. The molecule has 0 spiro atoms. The van der Waals surface area contributed by atoms with Gasteiger partial charge in [-0.25, -0.2) is 8.78 Å². The Labute approximate surface area is 117 Å². The molecule has 0 radical (unpaired) electrons. The third-order valence-corrected chi connectivity index (χ3v) is 4.21. The van der Waals surface area contributed by atoms with Crippen molar-refractivity contribution in [2.75, 3.05) is 0 Å². The zero-order chi connectivity index (χ0) is 14.3. The fourth-order valence-corrected chi connectivity index (χ4v) is 3.18. The molecule has 0 heterocycles. The quantitative estimate of drug-likeness (QED) is 0.698. The highest BCUT2D eigenvalue weighted by Gasteiger charge is 2.59. The molecule has 0 aromatic heterocycles. The van der Waals surface area contributed by atoms with Crippen LogP contribution in [-0.2, 0) is 5.41 Å². The minimum Gasteiger partial charge on any atom is -0.207 e. The summed E-state index contributed by atoms with van der Waals surface area (Å²) < 4.78 is 26.3. The summed E-state index contributed by atoms with van der Waals surface area (Å²) in [6.45, 7) is 5.83. The molecule has 1 atom stereocenters. The molecule has 2 aromatic rings. The Morgan fingerprint density at radius 3 is 1.60 bits per heavy atom. The first-order valence-electron chi connectivity index (χ1n) is 6.53. The van der Waals surface area contributed by atoms with Crippen LogP contribution in [0.3, 0.4) is 0 Å². The topological polar surface area (TPSA) is 0 Å². The fourth-order valence-electron chi connectivity index (χ4n) is 3.18. The van der Waals surface area contributed by atoms with Crippen molar-refractivity contribution in [1.82, 2.24) is 0 Å². The lowest BCUT2D eigenvalue weighted by atomic mass is 9.85. The lowest BCUT2D eigenvalue weighted by Gasteiger charge is -2.17. The SMILES string of the molecule is C=C=C1C(C)C1(c1ccc(F)cc1)c1ccc(F)cc1. The Bertz CT molecular complexity index is 644. The summed E-state index contributed by atoms with van der Waals surface area (Å²) in [5.74, 6) is -0.295. The number of hydrogen-bond acceptors (Lipinski definition) is 0. The summed E-state index contributed by atoms with van der Waals surface area (Å²) in [6, 6.07) is 12.9. The highest BCUT2D eigenvalue weighted by molar-refractivity contribution is 5.62. The van der Waals surface area contributed by atoms with Gasteiger partial charge in [0.05, 0.1) is 5.41 Å². The van der Waals surface area contributed by atoms with Crippen molar-refractivity contribution in [3.05, 3.63) is 89.2 Å². The van der Waals surface area contributed by atoms with E-state index in [0.717, 1.165) is 16.7 Å². The fraction of sp³-hybridized carbons (Fsp3) is 0.167. The maximum absolute atomic E-state index is 13.1. The van der Waals surface area contributed by atoms with Crippen molar-refractivity contribution in [3.8, 4) is 0 Å². The van der Waals surface area contributed by atoms with Crippen LogP contribution in [0.1, 0.15) is 18.1 Å². The number of allylic oxidation sites excluding steroid dienone is 1. The lowest BCUT2D eigenvalue weighted by molar-refractivity contribution is 0.623. The van der Waals surface area contributed by atoms with Crippen LogP contribution in [0.15, 0.2) is 66.4 Å². The van der Waals surface area contributed by atoms with Gasteiger partial charge in [-0.3, -0.25) is 0 Å². The maximum atomic E-state index is 13.1. The molecule has 0 aliphatic heterocycles. The predicted octanol–water partition coefficient (Wildman–Crippen LogP) is 4.61. The lowest BCUT2D eigenvalue weighted by Crippen LogP contribution is -2.12. The van der Waals surface area contributed by atoms with Crippen LogP contribution < -0.4 is 0 Å². The molecule has 1 aliphatic carbocycles. The molecule has 100 valence electrons. The van der Waals surface area contributed by atoms with Gasteiger partial charge in [0.2, 0.25) is 0 Å². The Morgan fingerprint density at radius 1 is 0.900 bits per heavy atom. The van der Waals surface area contributed by atoms with Crippen LogP contribution in [0.2, 0.25) is 0 Å². The molecule has 1 saturated carbocycles.